The van der Waals surface area contributed by atoms with Crippen molar-refractivity contribution < 1.29 is 5.11 Å². The van der Waals surface area contributed by atoms with Crippen LogP contribution in [0, 0.1) is 17.3 Å². The third kappa shape index (κ3) is 5.14. The fourth-order valence-electron chi connectivity index (χ4n) is 3.15. The molecule has 1 aliphatic carbocycles. The third-order valence-electron chi connectivity index (χ3n) is 4.61. The van der Waals surface area contributed by atoms with E-state index >= 15 is 0 Å². The first-order valence-electron chi connectivity index (χ1n) is 7.67. The van der Waals surface area contributed by atoms with Gasteiger partial charge >= 0.3 is 0 Å². The van der Waals surface area contributed by atoms with Gasteiger partial charge in [0.25, 0.3) is 0 Å². The average Bonchev–Trinajstić information content (AvgIpc) is 2.24. The molecule has 1 nitrogen and oxygen atoms in total. The smallest absolute Gasteiger partial charge is 0.0576 e. The molecule has 0 heterocycles. The van der Waals surface area contributed by atoms with E-state index in [9.17, 15) is 5.11 Å². The molecular weight excluding hydrogens is 232 g/mol. The first-order valence-corrected chi connectivity index (χ1v) is 7.67. The topological polar surface area (TPSA) is 20.2 Å². The number of allylic oxidation sites excluding steroid dienone is 4. The minimum absolute atomic E-state index is 0.131. The van der Waals surface area contributed by atoms with E-state index in [4.69, 9.17) is 0 Å². The summed E-state index contributed by atoms with van der Waals surface area (Å²) >= 11 is 0. The van der Waals surface area contributed by atoms with Crippen molar-refractivity contribution in [3.05, 3.63) is 23.3 Å². The molecule has 3 atom stereocenters. The third-order valence-corrected chi connectivity index (χ3v) is 4.61. The van der Waals surface area contributed by atoms with Gasteiger partial charge in [0.1, 0.15) is 0 Å². The summed E-state index contributed by atoms with van der Waals surface area (Å²) in [5.74, 6) is 1.14. The van der Waals surface area contributed by atoms with Crippen LogP contribution in [-0.2, 0) is 0 Å². The lowest BCUT2D eigenvalue weighted by atomic mass is 9.62. The van der Waals surface area contributed by atoms with Crippen molar-refractivity contribution in [3.8, 4) is 0 Å². The lowest BCUT2D eigenvalue weighted by Crippen LogP contribution is -2.40. The van der Waals surface area contributed by atoms with Gasteiger partial charge in [-0.3, -0.25) is 0 Å². The standard InChI is InChI=1S/C18H32O/c1-13(2)7-9-15-11-16(10-8-14(3)4)18(5,6)12-17(15)19/h7-8,15-17,19H,9-12H2,1-6H3/t15-,16+,17+/m1/s1. The molecule has 19 heavy (non-hydrogen) atoms. The Labute approximate surface area is 119 Å². The molecule has 110 valence electrons. The number of aliphatic hydroxyl groups is 1. The van der Waals surface area contributed by atoms with Gasteiger partial charge in [-0.25, -0.2) is 0 Å². The van der Waals surface area contributed by atoms with Gasteiger partial charge in [0.05, 0.1) is 6.10 Å². The summed E-state index contributed by atoms with van der Waals surface area (Å²) in [6.07, 6.45) is 8.80. The molecular formula is C18H32O. The highest BCUT2D eigenvalue weighted by atomic mass is 16.3. The predicted octanol–water partition coefficient (Wildman–Crippen LogP) is 5.11. The number of hydrogen-bond acceptors (Lipinski definition) is 1. The molecule has 0 amide bonds. The van der Waals surface area contributed by atoms with Crippen LogP contribution in [0.3, 0.4) is 0 Å². The quantitative estimate of drug-likeness (QED) is 0.699. The fourth-order valence-corrected chi connectivity index (χ4v) is 3.15. The van der Waals surface area contributed by atoms with Crippen molar-refractivity contribution in [2.45, 2.75) is 73.3 Å². The summed E-state index contributed by atoms with van der Waals surface area (Å²) in [6.45, 7) is 13.3. The summed E-state index contributed by atoms with van der Waals surface area (Å²) in [6, 6.07) is 0. The van der Waals surface area contributed by atoms with Crippen LogP contribution in [-0.4, -0.2) is 11.2 Å². The molecule has 0 aromatic heterocycles. The van der Waals surface area contributed by atoms with Crippen LogP contribution >= 0.6 is 0 Å². The van der Waals surface area contributed by atoms with E-state index in [1.807, 2.05) is 0 Å². The van der Waals surface area contributed by atoms with Gasteiger partial charge in [-0.15, -0.1) is 0 Å². The maximum atomic E-state index is 10.4. The highest BCUT2D eigenvalue weighted by Gasteiger charge is 2.40. The molecule has 0 unspecified atom stereocenters. The molecule has 1 saturated carbocycles. The summed E-state index contributed by atoms with van der Waals surface area (Å²) < 4.78 is 0. The minimum Gasteiger partial charge on any atom is -0.393 e. The second-order valence-corrected chi connectivity index (χ2v) is 7.49. The predicted molar refractivity (Wildman–Crippen MR) is 84.1 cm³/mol. The molecule has 1 rings (SSSR count). The van der Waals surface area contributed by atoms with E-state index in [1.165, 1.54) is 11.1 Å². The van der Waals surface area contributed by atoms with Gasteiger partial charge < -0.3 is 5.11 Å². The Morgan fingerprint density at radius 3 is 2.11 bits per heavy atom. The molecule has 1 aliphatic rings. The summed E-state index contributed by atoms with van der Waals surface area (Å²) in [7, 11) is 0. The van der Waals surface area contributed by atoms with Gasteiger partial charge in [0.15, 0.2) is 0 Å². The van der Waals surface area contributed by atoms with Crippen molar-refractivity contribution in [3.63, 3.8) is 0 Å². The zero-order valence-electron chi connectivity index (χ0n) is 13.7. The Bertz CT molecular complexity index is 341. The normalized spacial score (nSPS) is 29.7. The Hall–Kier alpha value is -0.560. The molecule has 0 spiro atoms. The van der Waals surface area contributed by atoms with Crippen molar-refractivity contribution in [2.24, 2.45) is 17.3 Å². The van der Waals surface area contributed by atoms with Crippen molar-refractivity contribution >= 4 is 0 Å². The fraction of sp³-hybridized carbons (Fsp3) is 0.778. The van der Waals surface area contributed by atoms with Crippen LogP contribution in [0.1, 0.15) is 67.2 Å². The van der Waals surface area contributed by atoms with E-state index in [-0.39, 0.29) is 11.5 Å². The van der Waals surface area contributed by atoms with Gasteiger partial charge in [0.2, 0.25) is 0 Å². The first kappa shape index (κ1) is 16.5. The molecule has 0 radical (unpaired) electrons. The first-order chi connectivity index (χ1) is 8.72. The Morgan fingerprint density at radius 1 is 1.05 bits per heavy atom. The SMILES string of the molecule is CC(C)=CC[C@@H]1C[C@H](CC=C(C)C)C(C)(C)C[C@@H]1O. The zero-order valence-corrected chi connectivity index (χ0v) is 13.7. The van der Waals surface area contributed by atoms with Crippen LogP contribution in [0.25, 0.3) is 0 Å². The summed E-state index contributed by atoms with van der Waals surface area (Å²) in [5, 5.41) is 10.4. The second-order valence-electron chi connectivity index (χ2n) is 7.49. The monoisotopic (exact) mass is 264 g/mol. The highest BCUT2D eigenvalue weighted by molar-refractivity contribution is 5.01. The number of hydrogen-bond donors (Lipinski definition) is 1. The van der Waals surface area contributed by atoms with Crippen molar-refractivity contribution in [1.82, 2.24) is 0 Å². The van der Waals surface area contributed by atoms with Crippen LogP contribution in [0.15, 0.2) is 23.3 Å². The van der Waals surface area contributed by atoms with Crippen LogP contribution in [0.2, 0.25) is 0 Å². The van der Waals surface area contributed by atoms with E-state index in [2.05, 4.69) is 53.7 Å². The van der Waals surface area contributed by atoms with E-state index in [0.717, 1.165) is 25.7 Å². The maximum Gasteiger partial charge on any atom is 0.0576 e. The van der Waals surface area contributed by atoms with Crippen molar-refractivity contribution in [2.75, 3.05) is 0 Å². The summed E-state index contributed by atoms with van der Waals surface area (Å²) in [4.78, 5) is 0. The largest absolute Gasteiger partial charge is 0.393 e. The maximum absolute atomic E-state index is 10.4. The molecule has 0 aromatic carbocycles. The van der Waals surface area contributed by atoms with E-state index in [0.29, 0.717) is 11.8 Å². The second kappa shape index (κ2) is 6.74. The Balaban J connectivity index is 2.73. The van der Waals surface area contributed by atoms with Crippen LogP contribution in [0.4, 0.5) is 0 Å². The average molecular weight is 264 g/mol. The van der Waals surface area contributed by atoms with Crippen LogP contribution in [0.5, 0.6) is 0 Å². The Kier molecular flexibility index (Phi) is 5.85. The van der Waals surface area contributed by atoms with Gasteiger partial charge in [-0.2, -0.15) is 0 Å². The number of rotatable bonds is 4. The molecule has 1 N–H and O–H groups in total. The van der Waals surface area contributed by atoms with Gasteiger partial charge in [-0.1, -0.05) is 37.1 Å². The van der Waals surface area contributed by atoms with Crippen LogP contribution < -0.4 is 0 Å². The van der Waals surface area contributed by atoms with E-state index in [1.54, 1.807) is 0 Å². The molecule has 0 aromatic rings. The molecule has 1 fully saturated rings. The highest BCUT2D eigenvalue weighted by Crippen LogP contribution is 2.46. The Morgan fingerprint density at radius 2 is 1.58 bits per heavy atom. The molecule has 0 bridgehead atoms. The van der Waals surface area contributed by atoms with Gasteiger partial charge in [0, 0.05) is 0 Å². The minimum atomic E-state index is -0.131. The van der Waals surface area contributed by atoms with Crippen molar-refractivity contribution in [1.29, 1.82) is 0 Å². The molecule has 0 aliphatic heterocycles. The lowest BCUT2D eigenvalue weighted by molar-refractivity contribution is -0.0209. The summed E-state index contributed by atoms with van der Waals surface area (Å²) in [5.41, 5.74) is 3.02. The number of aliphatic hydroxyl groups excluding tert-OH is 1. The molecule has 1 heteroatoms. The zero-order chi connectivity index (χ0) is 14.6. The lowest BCUT2D eigenvalue weighted by Gasteiger charge is -2.44. The molecule has 0 saturated heterocycles. The van der Waals surface area contributed by atoms with E-state index < -0.39 is 0 Å². The van der Waals surface area contributed by atoms with Gasteiger partial charge in [-0.05, 0) is 70.6 Å².